The van der Waals surface area contributed by atoms with Crippen molar-refractivity contribution in [3.8, 4) is 0 Å². The molecule has 0 bridgehead atoms. The lowest BCUT2D eigenvalue weighted by Crippen LogP contribution is -2.05. The van der Waals surface area contributed by atoms with Gasteiger partial charge in [-0.05, 0) is 37.1 Å². The van der Waals surface area contributed by atoms with E-state index in [4.69, 9.17) is 0 Å². The molecule has 0 aliphatic heterocycles. The van der Waals surface area contributed by atoms with Gasteiger partial charge in [-0.1, -0.05) is 6.92 Å². The number of fused-ring (bicyclic) bond motifs is 3. The summed E-state index contributed by atoms with van der Waals surface area (Å²) in [6, 6.07) is 5.41. The largest absolute Gasteiger partial charge is 0.477 e. The number of ketones is 1. The molecule has 0 radical (unpaired) electrons. The molecule has 1 aromatic carbocycles. The average molecular weight is 282 g/mol. The van der Waals surface area contributed by atoms with E-state index in [2.05, 4.69) is 9.97 Å². The van der Waals surface area contributed by atoms with Crippen molar-refractivity contribution in [2.45, 2.75) is 20.3 Å². The summed E-state index contributed by atoms with van der Waals surface area (Å²) in [6.45, 7) is 3.41. The highest BCUT2D eigenvalue weighted by molar-refractivity contribution is 6.12. The summed E-state index contributed by atoms with van der Waals surface area (Å²) in [4.78, 5) is 30.1. The van der Waals surface area contributed by atoms with Gasteiger partial charge in [0.2, 0.25) is 0 Å². The minimum atomic E-state index is -1.04. The fraction of sp³-hybridized carbons (Fsp3) is 0.188. The third-order valence-corrected chi connectivity index (χ3v) is 3.70. The molecule has 0 unspecified atom stereocenters. The zero-order valence-corrected chi connectivity index (χ0v) is 11.7. The van der Waals surface area contributed by atoms with Crippen LogP contribution in [0.2, 0.25) is 0 Å². The van der Waals surface area contributed by atoms with E-state index in [1.54, 1.807) is 12.1 Å². The lowest BCUT2D eigenvalue weighted by Gasteiger charge is -2.05. The average Bonchev–Trinajstić information content (AvgIpc) is 2.83. The van der Waals surface area contributed by atoms with E-state index >= 15 is 0 Å². The minimum absolute atomic E-state index is 0.0168. The number of H-pyrrole nitrogens is 1. The zero-order chi connectivity index (χ0) is 15.1. The Morgan fingerprint density at radius 1 is 1.29 bits per heavy atom. The Morgan fingerprint density at radius 2 is 2.05 bits per heavy atom. The van der Waals surface area contributed by atoms with Crippen LogP contribution in [0.1, 0.15) is 40.3 Å². The topological polar surface area (TPSA) is 83.0 Å². The first kappa shape index (κ1) is 13.3. The molecule has 3 aromatic rings. The number of hydrogen-bond acceptors (Lipinski definition) is 3. The summed E-state index contributed by atoms with van der Waals surface area (Å²) in [5, 5.41) is 11.0. The fourth-order valence-electron chi connectivity index (χ4n) is 2.71. The Morgan fingerprint density at radius 3 is 2.67 bits per heavy atom. The molecule has 5 heteroatoms. The van der Waals surface area contributed by atoms with Crippen molar-refractivity contribution in [2.24, 2.45) is 0 Å². The monoisotopic (exact) mass is 282 g/mol. The number of carbonyl (C=O) groups excluding carboxylic acids is 1. The molecule has 0 atom stereocenters. The van der Waals surface area contributed by atoms with Crippen molar-refractivity contribution in [3.05, 3.63) is 41.2 Å². The Balaban J connectivity index is 2.47. The fourth-order valence-corrected chi connectivity index (χ4v) is 2.71. The maximum Gasteiger partial charge on any atom is 0.354 e. The molecule has 21 heavy (non-hydrogen) atoms. The van der Waals surface area contributed by atoms with Gasteiger partial charge in [-0.15, -0.1) is 0 Å². The molecule has 5 nitrogen and oxygen atoms in total. The lowest BCUT2D eigenvalue weighted by atomic mass is 10.0. The summed E-state index contributed by atoms with van der Waals surface area (Å²) in [7, 11) is 0. The number of aromatic nitrogens is 2. The Bertz CT molecular complexity index is 893. The molecule has 0 saturated carbocycles. The number of carboxylic acids is 1. The van der Waals surface area contributed by atoms with Crippen molar-refractivity contribution in [3.63, 3.8) is 0 Å². The number of aryl methyl sites for hydroxylation is 1. The molecule has 2 N–H and O–H groups in total. The highest BCUT2D eigenvalue weighted by Crippen LogP contribution is 2.30. The van der Waals surface area contributed by atoms with Crippen molar-refractivity contribution in [2.75, 3.05) is 0 Å². The summed E-state index contributed by atoms with van der Waals surface area (Å²) in [6.07, 6.45) is 2.09. The van der Waals surface area contributed by atoms with Gasteiger partial charge in [-0.3, -0.25) is 4.79 Å². The van der Waals surface area contributed by atoms with Crippen LogP contribution in [0.5, 0.6) is 0 Å². The molecular weight excluding hydrogens is 268 g/mol. The first-order valence-electron chi connectivity index (χ1n) is 6.70. The molecule has 0 spiro atoms. The van der Waals surface area contributed by atoms with E-state index in [9.17, 15) is 14.7 Å². The third kappa shape index (κ3) is 1.98. The molecule has 0 fully saturated rings. The quantitative estimate of drug-likeness (QED) is 0.723. The van der Waals surface area contributed by atoms with Gasteiger partial charge < -0.3 is 10.1 Å². The number of nitrogens with one attached hydrogen (secondary N) is 1. The maximum absolute atomic E-state index is 11.6. The summed E-state index contributed by atoms with van der Waals surface area (Å²) in [5.74, 6) is -1.05. The van der Waals surface area contributed by atoms with E-state index in [1.165, 1.54) is 13.1 Å². The number of rotatable bonds is 3. The zero-order valence-electron chi connectivity index (χ0n) is 11.7. The highest BCUT2D eigenvalue weighted by atomic mass is 16.4. The second-order valence-corrected chi connectivity index (χ2v) is 4.97. The van der Waals surface area contributed by atoms with E-state index in [1.807, 2.05) is 13.0 Å². The Kier molecular flexibility index (Phi) is 2.97. The molecule has 0 aliphatic rings. The molecule has 0 amide bonds. The van der Waals surface area contributed by atoms with Crippen LogP contribution in [-0.2, 0) is 6.42 Å². The second kappa shape index (κ2) is 4.70. The predicted octanol–water partition coefficient (Wildman–Crippen LogP) is 3.18. The molecule has 2 aromatic heterocycles. The smallest absolute Gasteiger partial charge is 0.354 e. The minimum Gasteiger partial charge on any atom is -0.477 e. The molecule has 106 valence electrons. The standard InChI is InChI=1S/C16H14N2O3/c1-3-10-14-11-6-9(8(2)19)4-5-12(11)18-13(14)7-17-15(10)16(20)21/h4-7,18H,3H2,1-2H3,(H,20,21). The number of hydrogen-bond donors (Lipinski definition) is 2. The van der Waals surface area contributed by atoms with Gasteiger partial charge >= 0.3 is 5.97 Å². The number of carboxylic acid groups (broad SMARTS) is 1. The van der Waals surface area contributed by atoms with Gasteiger partial charge in [0.15, 0.2) is 11.5 Å². The van der Waals surface area contributed by atoms with Gasteiger partial charge in [0.1, 0.15) is 0 Å². The van der Waals surface area contributed by atoms with Crippen LogP contribution in [0.15, 0.2) is 24.4 Å². The van der Waals surface area contributed by atoms with Crippen LogP contribution in [0.4, 0.5) is 0 Å². The summed E-state index contributed by atoms with van der Waals surface area (Å²) in [5.41, 5.74) is 3.02. The second-order valence-electron chi connectivity index (χ2n) is 4.97. The molecule has 0 saturated heterocycles. The van der Waals surface area contributed by atoms with Gasteiger partial charge in [0, 0.05) is 21.9 Å². The number of Topliss-reactive ketones (excluding diaryl/α,β-unsaturated/α-hetero) is 1. The first-order valence-corrected chi connectivity index (χ1v) is 6.70. The number of pyridine rings is 1. The summed E-state index contributed by atoms with van der Waals surface area (Å²) >= 11 is 0. The first-order chi connectivity index (χ1) is 10.0. The van der Waals surface area contributed by atoms with Gasteiger partial charge in [0.25, 0.3) is 0 Å². The van der Waals surface area contributed by atoms with Crippen molar-refractivity contribution in [1.29, 1.82) is 0 Å². The van der Waals surface area contributed by atoms with Crippen LogP contribution in [-0.4, -0.2) is 26.8 Å². The van der Waals surface area contributed by atoms with E-state index in [0.717, 1.165) is 21.8 Å². The van der Waals surface area contributed by atoms with E-state index in [0.29, 0.717) is 17.5 Å². The lowest BCUT2D eigenvalue weighted by molar-refractivity contribution is 0.0689. The Hall–Kier alpha value is -2.69. The molecule has 3 rings (SSSR count). The SMILES string of the molecule is CCc1c(C(=O)O)ncc2[nH]c3ccc(C(C)=O)cc3c12. The van der Waals surface area contributed by atoms with E-state index in [-0.39, 0.29) is 11.5 Å². The van der Waals surface area contributed by atoms with Crippen molar-refractivity contribution in [1.82, 2.24) is 9.97 Å². The molecular formula is C16H14N2O3. The third-order valence-electron chi connectivity index (χ3n) is 3.70. The number of aromatic amines is 1. The van der Waals surface area contributed by atoms with Crippen LogP contribution in [0.3, 0.4) is 0 Å². The van der Waals surface area contributed by atoms with Gasteiger partial charge in [-0.25, -0.2) is 9.78 Å². The number of carbonyl (C=O) groups is 2. The van der Waals surface area contributed by atoms with Gasteiger partial charge in [0.05, 0.1) is 11.7 Å². The molecule has 2 heterocycles. The Labute approximate surface area is 120 Å². The van der Waals surface area contributed by atoms with Crippen LogP contribution < -0.4 is 0 Å². The van der Waals surface area contributed by atoms with Crippen molar-refractivity contribution >= 4 is 33.6 Å². The van der Waals surface area contributed by atoms with Crippen LogP contribution in [0.25, 0.3) is 21.8 Å². The molecule has 0 aliphatic carbocycles. The predicted molar refractivity (Wildman–Crippen MR) is 79.9 cm³/mol. The number of benzene rings is 1. The van der Waals surface area contributed by atoms with Crippen LogP contribution in [0, 0.1) is 0 Å². The normalized spacial score (nSPS) is 11.1. The van der Waals surface area contributed by atoms with Crippen molar-refractivity contribution < 1.29 is 14.7 Å². The number of aromatic carboxylic acids is 1. The highest BCUT2D eigenvalue weighted by Gasteiger charge is 2.17. The maximum atomic E-state index is 11.6. The van der Waals surface area contributed by atoms with Crippen LogP contribution >= 0.6 is 0 Å². The van der Waals surface area contributed by atoms with Gasteiger partial charge in [-0.2, -0.15) is 0 Å². The number of nitrogens with zero attached hydrogens (tertiary/aromatic N) is 1. The summed E-state index contributed by atoms with van der Waals surface area (Å²) < 4.78 is 0. The van der Waals surface area contributed by atoms with E-state index < -0.39 is 5.97 Å².